The normalized spacial score (nSPS) is 12.4. The lowest BCUT2D eigenvalue weighted by molar-refractivity contribution is 0.0607. The lowest BCUT2D eigenvalue weighted by Crippen LogP contribution is -2.35. The van der Waals surface area contributed by atoms with Gasteiger partial charge in [0.05, 0.1) is 24.6 Å². The number of nitrogens with one attached hydrogen (secondary N) is 1. The van der Waals surface area contributed by atoms with Crippen LogP contribution in [0.4, 0.5) is 5.69 Å². The van der Waals surface area contributed by atoms with Crippen molar-refractivity contribution in [3.63, 3.8) is 0 Å². The van der Waals surface area contributed by atoms with E-state index in [4.69, 9.17) is 10.5 Å². The Morgan fingerprint density at radius 2 is 2.47 bits per heavy atom. The number of anilines is 1. The maximum absolute atomic E-state index is 11.8. The highest BCUT2D eigenvalue weighted by Gasteiger charge is 2.16. The molecule has 4 N–H and O–H groups in total. The van der Waals surface area contributed by atoms with Crippen molar-refractivity contribution in [2.24, 2.45) is 0 Å². The lowest BCUT2D eigenvalue weighted by Gasteiger charge is -2.11. The fraction of sp³-hybridized carbons (Fsp3) is 0.600. The Labute approximate surface area is 99.6 Å². The minimum absolute atomic E-state index is 0.112. The summed E-state index contributed by atoms with van der Waals surface area (Å²) in [6, 6.07) is 0. The number of aromatic nitrogens is 2. The molecule has 0 aliphatic heterocycles. The molecule has 96 valence electrons. The van der Waals surface area contributed by atoms with Gasteiger partial charge in [-0.15, -0.1) is 0 Å². The molecule has 1 aromatic rings. The summed E-state index contributed by atoms with van der Waals surface area (Å²) in [6.07, 6.45) is 0.701. The molecule has 7 nitrogen and oxygen atoms in total. The zero-order valence-corrected chi connectivity index (χ0v) is 10.0. The number of aryl methyl sites for hydroxylation is 1. The number of ether oxygens (including phenoxy) is 1. The number of carbonyl (C=O) groups is 1. The van der Waals surface area contributed by atoms with Gasteiger partial charge in [-0.25, -0.2) is 0 Å². The van der Waals surface area contributed by atoms with E-state index in [0.717, 1.165) is 0 Å². The van der Waals surface area contributed by atoms with Gasteiger partial charge in [0.1, 0.15) is 5.69 Å². The second-order valence-corrected chi connectivity index (χ2v) is 3.58. The third-order valence-electron chi connectivity index (χ3n) is 2.24. The van der Waals surface area contributed by atoms with Gasteiger partial charge in [0.2, 0.25) is 0 Å². The minimum Gasteiger partial charge on any atom is -0.396 e. The van der Waals surface area contributed by atoms with Crippen LogP contribution in [0.2, 0.25) is 0 Å². The molecule has 1 amide bonds. The van der Waals surface area contributed by atoms with Crippen LogP contribution in [0.1, 0.15) is 17.4 Å². The molecule has 1 unspecified atom stereocenters. The van der Waals surface area contributed by atoms with Crippen molar-refractivity contribution >= 4 is 11.6 Å². The number of amides is 1. The zero-order valence-electron chi connectivity index (χ0n) is 10.0. The maximum Gasteiger partial charge on any atom is 0.271 e. The summed E-state index contributed by atoms with van der Waals surface area (Å²) in [5.41, 5.74) is 6.29. The first kappa shape index (κ1) is 13.5. The lowest BCUT2D eigenvalue weighted by atomic mass is 10.3. The molecule has 0 spiro atoms. The van der Waals surface area contributed by atoms with Crippen molar-refractivity contribution in [1.29, 1.82) is 0 Å². The van der Waals surface area contributed by atoms with Gasteiger partial charge in [-0.05, 0) is 6.92 Å². The van der Waals surface area contributed by atoms with E-state index in [1.165, 1.54) is 18.0 Å². The van der Waals surface area contributed by atoms with Crippen molar-refractivity contribution in [3.8, 4) is 0 Å². The first-order valence-electron chi connectivity index (χ1n) is 5.36. The first-order valence-corrected chi connectivity index (χ1v) is 5.36. The summed E-state index contributed by atoms with van der Waals surface area (Å²) in [5.74, 6) is -0.350. The molecular weight excluding hydrogens is 224 g/mol. The third kappa shape index (κ3) is 3.43. The quantitative estimate of drug-likeness (QED) is 0.607. The number of aliphatic hydroxyl groups excluding tert-OH is 1. The van der Waals surface area contributed by atoms with Gasteiger partial charge in [0.15, 0.2) is 0 Å². The summed E-state index contributed by atoms with van der Waals surface area (Å²) in [5, 5.41) is 15.9. The van der Waals surface area contributed by atoms with Crippen LogP contribution >= 0.6 is 0 Å². The molecule has 1 atom stereocenters. The number of nitrogen functional groups attached to an aromatic ring is 1. The molecule has 0 saturated carbocycles. The second kappa shape index (κ2) is 6.21. The molecular formula is C10H18N4O3. The number of aliphatic hydroxyl groups is 1. The molecule has 0 bridgehead atoms. The van der Waals surface area contributed by atoms with Crippen molar-refractivity contribution in [2.75, 3.05) is 26.0 Å². The Balaban J connectivity index is 2.60. The number of hydrogen-bond acceptors (Lipinski definition) is 5. The van der Waals surface area contributed by atoms with E-state index in [-0.39, 0.29) is 19.1 Å². The largest absolute Gasteiger partial charge is 0.396 e. The van der Waals surface area contributed by atoms with E-state index >= 15 is 0 Å². The Bertz CT molecular complexity index is 378. The van der Waals surface area contributed by atoms with Gasteiger partial charge >= 0.3 is 0 Å². The van der Waals surface area contributed by atoms with Crippen molar-refractivity contribution in [3.05, 3.63) is 11.9 Å². The molecule has 0 aliphatic rings. The van der Waals surface area contributed by atoms with Crippen LogP contribution in [-0.4, -0.2) is 47.2 Å². The van der Waals surface area contributed by atoms with Crippen molar-refractivity contribution in [2.45, 2.75) is 19.6 Å². The van der Waals surface area contributed by atoms with Gasteiger partial charge in [0.25, 0.3) is 5.91 Å². The minimum atomic E-state index is -0.733. The molecule has 0 aromatic carbocycles. The number of rotatable bonds is 6. The van der Waals surface area contributed by atoms with E-state index in [0.29, 0.717) is 17.9 Å². The summed E-state index contributed by atoms with van der Waals surface area (Å²) in [4.78, 5) is 11.8. The van der Waals surface area contributed by atoms with Crippen LogP contribution in [-0.2, 0) is 11.3 Å². The molecule has 1 aromatic heterocycles. The standard InChI is InChI=1S/C10H18N4O3/c1-3-14-9(8(11)5-13-14)10(16)12-4-7(15)6-17-2/h5,7,15H,3-4,6,11H2,1-2H3,(H,12,16). The Kier molecular flexibility index (Phi) is 4.92. The summed E-state index contributed by atoms with van der Waals surface area (Å²) < 4.78 is 6.26. The van der Waals surface area contributed by atoms with E-state index in [1.54, 1.807) is 0 Å². The number of nitrogens with zero attached hydrogens (tertiary/aromatic N) is 2. The monoisotopic (exact) mass is 242 g/mol. The highest BCUT2D eigenvalue weighted by Crippen LogP contribution is 2.10. The molecule has 7 heteroatoms. The zero-order chi connectivity index (χ0) is 12.8. The fourth-order valence-electron chi connectivity index (χ4n) is 1.43. The molecule has 1 rings (SSSR count). The van der Waals surface area contributed by atoms with Crippen LogP contribution in [0.3, 0.4) is 0 Å². The van der Waals surface area contributed by atoms with E-state index < -0.39 is 6.10 Å². The van der Waals surface area contributed by atoms with Gasteiger partial charge in [-0.2, -0.15) is 5.10 Å². The van der Waals surface area contributed by atoms with Gasteiger partial charge < -0.3 is 20.9 Å². The van der Waals surface area contributed by atoms with Gasteiger partial charge in [0, 0.05) is 20.2 Å². The Morgan fingerprint density at radius 3 is 3.06 bits per heavy atom. The third-order valence-corrected chi connectivity index (χ3v) is 2.24. The topological polar surface area (TPSA) is 102 Å². The molecule has 17 heavy (non-hydrogen) atoms. The predicted molar refractivity (Wildman–Crippen MR) is 62.5 cm³/mol. The second-order valence-electron chi connectivity index (χ2n) is 3.58. The average Bonchev–Trinajstić information content (AvgIpc) is 2.68. The van der Waals surface area contributed by atoms with Crippen molar-refractivity contribution in [1.82, 2.24) is 15.1 Å². The van der Waals surface area contributed by atoms with Crippen LogP contribution < -0.4 is 11.1 Å². The van der Waals surface area contributed by atoms with Gasteiger partial charge in [-0.1, -0.05) is 0 Å². The number of carbonyl (C=O) groups excluding carboxylic acids is 1. The average molecular weight is 242 g/mol. The van der Waals surface area contributed by atoms with Gasteiger partial charge in [-0.3, -0.25) is 9.48 Å². The SMILES string of the molecule is CCn1ncc(N)c1C(=O)NCC(O)COC. The van der Waals surface area contributed by atoms with E-state index in [1.807, 2.05) is 6.92 Å². The highest BCUT2D eigenvalue weighted by molar-refractivity contribution is 5.97. The van der Waals surface area contributed by atoms with Crippen molar-refractivity contribution < 1.29 is 14.6 Å². The summed E-state index contributed by atoms with van der Waals surface area (Å²) in [6.45, 7) is 2.70. The molecule has 0 aliphatic carbocycles. The first-order chi connectivity index (χ1) is 8.10. The van der Waals surface area contributed by atoms with Crippen LogP contribution in [0.5, 0.6) is 0 Å². The highest BCUT2D eigenvalue weighted by atomic mass is 16.5. The van der Waals surface area contributed by atoms with E-state index in [2.05, 4.69) is 10.4 Å². The van der Waals surface area contributed by atoms with Crippen LogP contribution in [0.15, 0.2) is 6.20 Å². The molecule has 0 fully saturated rings. The smallest absolute Gasteiger partial charge is 0.271 e. The Hall–Kier alpha value is -1.60. The van der Waals surface area contributed by atoms with Crippen LogP contribution in [0, 0.1) is 0 Å². The molecule has 0 saturated heterocycles. The number of methoxy groups -OCH3 is 1. The summed E-state index contributed by atoms with van der Waals surface area (Å²) >= 11 is 0. The van der Waals surface area contributed by atoms with Crippen LogP contribution in [0.25, 0.3) is 0 Å². The summed E-state index contributed by atoms with van der Waals surface area (Å²) in [7, 11) is 1.48. The number of nitrogens with two attached hydrogens (primary N) is 1. The number of hydrogen-bond donors (Lipinski definition) is 3. The van der Waals surface area contributed by atoms with E-state index in [9.17, 15) is 9.90 Å². The maximum atomic E-state index is 11.8. The molecule has 1 heterocycles. The Morgan fingerprint density at radius 1 is 1.76 bits per heavy atom. The molecule has 0 radical (unpaired) electrons. The predicted octanol–water partition coefficient (Wildman–Crippen LogP) is -0.778. The fourth-order valence-corrected chi connectivity index (χ4v) is 1.43.